The van der Waals surface area contributed by atoms with Crippen LogP contribution in [0.2, 0.25) is 10.0 Å². The van der Waals surface area contributed by atoms with E-state index in [1.807, 2.05) is 0 Å². The van der Waals surface area contributed by atoms with Gasteiger partial charge in [0.25, 0.3) is 0 Å². The van der Waals surface area contributed by atoms with Gasteiger partial charge in [-0.1, -0.05) is 23.2 Å². The number of furan rings is 1. The third-order valence-corrected chi connectivity index (χ3v) is 3.32. The fraction of sp³-hybridized carbons (Fsp3) is 0.200. The molecule has 2 aromatic rings. The van der Waals surface area contributed by atoms with Gasteiger partial charge < -0.3 is 14.6 Å². The Bertz CT molecular complexity index is 651. The summed E-state index contributed by atoms with van der Waals surface area (Å²) in [6.07, 6.45) is 1.53. The molecule has 0 aliphatic rings. The Kier molecular flexibility index (Phi) is 5.46. The van der Waals surface area contributed by atoms with Crippen LogP contribution in [-0.2, 0) is 16.1 Å². The molecule has 1 heterocycles. The van der Waals surface area contributed by atoms with Crippen LogP contribution in [0.5, 0.6) is 0 Å². The highest BCUT2D eigenvalue weighted by molar-refractivity contribution is 6.35. The first-order chi connectivity index (χ1) is 10.5. The number of anilines is 1. The molecular weight excluding hydrogens is 327 g/mol. The SMILES string of the molecule is CC(=O)N(CC(=O)NCc1ccco1)c1cc(Cl)cc(Cl)c1. The summed E-state index contributed by atoms with van der Waals surface area (Å²) in [5.41, 5.74) is 0.471. The topological polar surface area (TPSA) is 62.6 Å². The zero-order valence-electron chi connectivity index (χ0n) is 11.8. The van der Waals surface area contributed by atoms with Crippen molar-refractivity contribution in [1.29, 1.82) is 0 Å². The maximum absolute atomic E-state index is 12.0. The third-order valence-electron chi connectivity index (χ3n) is 2.88. The molecule has 0 unspecified atom stereocenters. The minimum atomic E-state index is -0.317. The standard InChI is InChI=1S/C15H14Cl2N2O3/c1-10(20)19(13-6-11(16)5-12(17)7-13)9-15(21)18-8-14-3-2-4-22-14/h2-7H,8-9H2,1H3,(H,18,21). The first-order valence-electron chi connectivity index (χ1n) is 6.49. The van der Waals surface area contributed by atoms with E-state index in [0.29, 0.717) is 21.5 Å². The first kappa shape index (κ1) is 16.4. The predicted molar refractivity (Wildman–Crippen MR) is 85.0 cm³/mol. The summed E-state index contributed by atoms with van der Waals surface area (Å²) in [5, 5.41) is 3.46. The van der Waals surface area contributed by atoms with E-state index in [-0.39, 0.29) is 24.9 Å². The summed E-state index contributed by atoms with van der Waals surface area (Å²) in [6, 6.07) is 8.20. The monoisotopic (exact) mass is 340 g/mol. The maximum Gasteiger partial charge on any atom is 0.240 e. The second-order valence-corrected chi connectivity index (χ2v) is 5.46. The smallest absolute Gasteiger partial charge is 0.240 e. The summed E-state index contributed by atoms with van der Waals surface area (Å²) in [4.78, 5) is 25.1. The van der Waals surface area contributed by atoms with E-state index in [1.54, 1.807) is 30.3 Å². The summed E-state index contributed by atoms with van der Waals surface area (Å²) >= 11 is 11.9. The lowest BCUT2D eigenvalue weighted by Crippen LogP contribution is -2.39. The lowest BCUT2D eigenvalue weighted by atomic mass is 10.2. The van der Waals surface area contributed by atoms with Crippen molar-refractivity contribution in [3.8, 4) is 0 Å². The average Bonchev–Trinajstić information content (AvgIpc) is 2.94. The van der Waals surface area contributed by atoms with Gasteiger partial charge in [-0.3, -0.25) is 9.59 Å². The lowest BCUT2D eigenvalue weighted by molar-refractivity contribution is -0.123. The molecule has 0 saturated carbocycles. The summed E-state index contributed by atoms with van der Waals surface area (Å²) in [7, 11) is 0. The maximum atomic E-state index is 12.0. The minimum absolute atomic E-state index is 0.132. The number of rotatable bonds is 5. The van der Waals surface area contributed by atoms with Gasteiger partial charge in [-0.2, -0.15) is 0 Å². The van der Waals surface area contributed by atoms with Crippen molar-refractivity contribution in [3.05, 3.63) is 52.4 Å². The van der Waals surface area contributed by atoms with E-state index in [4.69, 9.17) is 27.6 Å². The number of carbonyl (C=O) groups excluding carboxylic acids is 2. The summed E-state index contributed by atoms with van der Waals surface area (Å²) < 4.78 is 5.12. The van der Waals surface area contributed by atoms with E-state index in [1.165, 1.54) is 18.1 Å². The highest BCUT2D eigenvalue weighted by Gasteiger charge is 2.17. The van der Waals surface area contributed by atoms with Crippen LogP contribution in [0.1, 0.15) is 12.7 Å². The second kappa shape index (κ2) is 7.33. The molecule has 116 valence electrons. The van der Waals surface area contributed by atoms with Crippen LogP contribution in [0.25, 0.3) is 0 Å². The number of benzene rings is 1. The van der Waals surface area contributed by atoms with Gasteiger partial charge in [-0.25, -0.2) is 0 Å². The molecule has 2 rings (SSSR count). The van der Waals surface area contributed by atoms with Crippen LogP contribution in [0.15, 0.2) is 41.0 Å². The van der Waals surface area contributed by atoms with Crippen LogP contribution >= 0.6 is 23.2 Å². The number of amides is 2. The molecule has 5 nitrogen and oxygen atoms in total. The Morgan fingerprint density at radius 2 is 1.91 bits per heavy atom. The Balaban J connectivity index is 2.05. The van der Waals surface area contributed by atoms with Gasteiger partial charge >= 0.3 is 0 Å². The molecule has 0 spiro atoms. The molecule has 0 radical (unpaired) electrons. The van der Waals surface area contributed by atoms with Crippen LogP contribution < -0.4 is 10.2 Å². The molecule has 2 amide bonds. The molecule has 0 atom stereocenters. The molecule has 0 fully saturated rings. The fourth-order valence-corrected chi connectivity index (χ4v) is 2.39. The second-order valence-electron chi connectivity index (χ2n) is 4.59. The summed E-state index contributed by atoms with van der Waals surface area (Å²) in [5.74, 6) is 0.0303. The normalized spacial score (nSPS) is 10.3. The molecule has 0 aliphatic carbocycles. The van der Waals surface area contributed by atoms with Crippen molar-refractivity contribution in [2.24, 2.45) is 0 Å². The van der Waals surface area contributed by atoms with Crippen LogP contribution in [0.3, 0.4) is 0 Å². The van der Waals surface area contributed by atoms with E-state index < -0.39 is 0 Å². The van der Waals surface area contributed by atoms with Crippen molar-refractivity contribution in [2.75, 3.05) is 11.4 Å². The zero-order chi connectivity index (χ0) is 16.1. The molecule has 0 bridgehead atoms. The fourth-order valence-electron chi connectivity index (χ4n) is 1.88. The quantitative estimate of drug-likeness (QED) is 0.908. The Hall–Kier alpha value is -1.98. The number of halogens is 2. The van der Waals surface area contributed by atoms with Crippen molar-refractivity contribution in [2.45, 2.75) is 13.5 Å². The Labute approximate surface area is 137 Å². The molecule has 0 aliphatic heterocycles. The highest BCUT2D eigenvalue weighted by Crippen LogP contribution is 2.25. The van der Waals surface area contributed by atoms with Crippen LogP contribution in [0, 0.1) is 0 Å². The predicted octanol–water partition coefficient (Wildman–Crippen LogP) is 3.26. The van der Waals surface area contributed by atoms with E-state index in [2.05, 4.69) is 5.32 Å². The van der Waals surface area contributed by atoms with Gasteiger partial charge in [-0.15, -0.1) is 0 Å². The van der Waals surface area contributed by atoms with Crippen molar-refractivity contribution in [3.63, 3.8) is 0 Å². The third kappa shape index (κ3) is 4.51. The number of hydrogen-bond donors (Lipinski definition) is 1. The number of hydrogen-bond acceptors (Lipinski definition) is 3. The van der Waals surface area contributed by atoms with Gasteiger partial charge in [-0.05, 0) is 30.3 Å². The van der Waals surface area contributed by atoms with Gasteiger partial charge in [0, 0.05) is 22.7 Å². The van der Waals surface area contributed by atoms with Gasteiger partial charge in [0.15, 0.2) is 0 Å². The Morgan fingerprint density at radius 1 is 1.23 bits per heavy atom. The average molecular weight is 341 g/mol. The van der Waals surface area contributed by atoms with Crippen LogP contribution in [-0.4, -0.2) is 18.4 Å². The van der Waals surface area contributed by atoms with Crippen molar-refractivity contribution >= 4 is 40.7 Å². The zero-order valence-corrected chi connectivity index (χ0v) is 13.3. The lowest BCUT2D eigenvalue weighted by Gasteiger charge is -2.21. The van der Waals surface area contributed by atoms with E-state index in [0.717, 1.165) is 0 Å². The molecule has 1 aromatic carbocycles. The van der Waals surface area contributed by atoms with Gasteiger partial charge in [0.1, 0.15) is 12.3 Å². The molecule has 0 saturated heterocycles. The first-order valence-corrected chi connectivity index (χ1v) is 7.24. The molecular formula is C15H14Cl2N2O3. The number of nitrogens with one attached hydrogen (secondary N) is 1. The molecule has 7 heteroatoms. The van der Waals surface area contributed by atoms with Gasteiger partial charge in [0.2, 0.25) is 11.8 Å². The van der Waals surface area contributed by atoms with E-state index >= 15 is 0 Å². The number of carbonyl (C=O) groups is 2. The van der Waals surface area contributed by atoms with Crippen LogP contribution in [0.4, 0.5) is 5.69 Å². The molecule has 1 aromatic heterocycles. The van der Waals surface area contributed by atoms with Gasteiger partial charge in [0.05, 0.1) is 12.8 Å². The molecule has 22 heavy (non-hydrogen) atoms. The summed E-state index contributed by atoms with van der Waals surface area (Å²) in [6.45, 7) is 1.50. The number of nitrogens with zero attached hydrogens (tertiary/aromatic N) is 1. The van der Waals surface area contributed by atoms with Crippen molar-refractivity contribution in [1.82, 2.24) is 5.32 Å². The largest absolute Gasteiger partial charge is 0.467 e. The van der Waals surface area contributed by atoms with E-state index in [9.17, 15) is 9.59 Å². The van der Waals surface area contributed by atoms with Crippen molar-refractivity contribution < 1.29 is 14.0 Å². The highest BCUT2D eigenvalue weighted by atomic mass is 35.5. The minimum Gasteiger partial charge on any atom is -0.467 e. The Morgan fingerprint density at radius 3 is 2.45 bits per heavy atom. The molecule has 1 N–H and O–H groups in total.